The fraction of sp³-hybridized carbons (Fsp3) is 0.304. The number of hydrogen-bond acceptors (Lipinski definition) is 4. The lowest BCUT2D eigenvalue weighted by atomic mass is 9.81. The number of nitrogens with zero attached hydrogens (tertiary/aromatic N) is 2. The number of ether oxygens (including phenoxy) is 2. The van der Waals surface area contributed by atoms with Crippen molar-refractivity contribution in [1.82, 2.24) is 9.55 Å². The molecule has 3 unspecified atom stereocenters. The summed E-state index contributed by atoms with van der Waals surface area (Å²) in [4.78, 5) is 16.1. The fourth-order valence-electron chi connectivity index (χ4n) is 3.96. The summed E-state index contributed by atoms with van der Waals surface area (Å²) in [7, 11) is 0. The highest BCUT2D eigenvalue weighted by Gasteiger charge is 2.41. The van der Waals surface area contributed by atoms with E-state index in [-0.39, 0.29) is 31.1 Å². The Kier molecular flexibility index (Phi) is 5.99. The van der Waals surface area contributed by atoms with E-state index in [0.29, 0.717) is 11.5 Å². The smallest absolute Gasteiger partial charge is 0.224 e. The predicted octanol–water partition coefficient (Wildman–Crippen LogP) is 3.45. The third kappa shape index (κ3) is 4.16. The number of alkyl halides is 1. The number of aromatic nitrogens is 2. The van der Waals surface area contributed by atoms with Crippen LogP contribution < -0.4 is 10.5 Å². The molecule has 8 heteroatoms. The minimum Gasteiger partial charge on any atom is -0.484 e. The van der Waals surface area contributed by atoms with E-state index in [0.717, 1.165) is 5.56 Å². The summed E-state index contributed by atoms with van der Waals surface area (Å²) in [5.41, 5.74) is 6.89. The van der Waals surface area contributed by atoms with Gasteiger partial charge in [-0.2, -0.15) is 0 Å². The van der Waals surface area contributed by atoms with Crippen molar-refractivity contribution in [2.45, 2.75) is 25.6 Å². The van der Waals surface area contributed by atoms with E-state index in [9.17, 15) is 9.18 Å². The molecule has 0 saturated carbocycles. The van der Waals surface area contributed by atoms with Crippen LogP contribution in [-0.4, -0.2) is 34.8 Å². The van der Waals surface area contributed by atoms with E-state index in [4.69, 9.17) is 15.2 Å². The number of hydrogen-bond donors (Lipinski definition) is 1. The van der Waals surface area contributed by atoms with Gasteiger partial charge in [-0.1, -0.05) is 36.4 Å². The van der Waals surface area contributed by atoms with Crippen molar-refractivity contribution in [3.8, 4) is 11.4 Å². The molecule has 3 atom stereocenters. The van der Waals surface area contributed by atoms with Crippen LogP contribution in [0.5, 0.6) is 5.75 Å². The molecule has 0 spiro atoms. The first-order valence-electron chi connectivity index (χ1n) is 9.98. The lowest BCUT2D eigenvalue weighted by Crippen LogP contribution is -2.44. The summed E-state index contributed by atoms with van der Waals surface area (Å²) in [5, 5.41) is 0. The lowest BCUT2D eigenvalue weighted by molar-refractivity contribution is -0.130. The number of benzene rings is 2. The summed E-state index contributed by atoms with van der Waals surface area (Å²) < 4.78 is 43.1. The zero-order chi connectivity index (χ0) is 22.0. The van der Waals surface area contributed by atoms with Gasteiger partial charge < -0.3 is 19.8 Å². The number of primary amides is 1. The fourth-order valence-corrected chi connectivity index (χ4v) is 3.96. The highest BCUT2D eigenvalue weighted by molar-refractivity contribution is 5.78. The number of halogens is 2. The molecule has 0 aliphatic carbocycles. The Balaban J connectivity index is 1.77. The first-order chi connectivity index (χ1) is 15.0. The maximum atomic E-state index is 15.8. The number of carbonyl (C=O) groups is 1. The average molecular weight is 427 g/mol. The topological polar surface area (TPSA) is 79.4 Å². The van der Waals surface area contributed by atoms with Crippen LogP contribution in [0.4, 0.5) is 8.78 Å². The Morgan fingerprint density at radius 2 is 2.03 bits per heavy atom. The molecule has 1 aromatic heterocycles. The molecule has 2 aromatic carbocycles. The maximum Gasteiger partial charge on any atom is 0.224 e. The van der Waals surface area contributed by atoms with E-state index in [1.54, 1.807) is 30.0 Å². The van der Waals surface area contributed by atoms with Crippen molar-refractivity contribution in [1.29, 1.82) is 0 Å². The molecule has 1 fully saturated rings. The zero-order valence-electron chi connectivity index (χ0n) is 17.0. The number of amides is 1. The molecule has 2 N–H and O–H groups in total. The van der Waals surface area contributed by atoms with Gasteiger partial charge in [0.25, 0.3) is 0 Å². The summed E-state index contributed by atoms with van der Waals surface area (Å²) in [6, 6.07) is 12.6. The van der Waals surface area contributed by atoms with Gasteiger partial charge in [-0.25, -0.2) is 13.8 Å². The molecule has 1 aliphatic rings. The highest BCUT2D eigenvalue weighted by atomic mass is 19.1. The molecule has 1 aliphatic heterocycles. The predicted molar refractivity (Wildman–Crippen MR) is 110 cm³/mol. The van der Waals surface area contributed by atoms with Crippen molar-refractivity contribution < 1.29 is 23.0 Å². The Labute approximate surface area is 178 Å². The molecule has 1 amide bonds. The van der Waals surface area contributed by atoms with Crippen LogP contribution in [0.25, 0.3) is 5.69 Å². The Bertz CT molecular complexity index is 1070. The zero-order valence-corrected chi connectivity index (χ0v) is 17.0. The van der Waals surface area contributed by atoms with Crippen LogP contribution in [0.15, 0.2) is 54.9 Å². The molecular formula is C23H23F2N3O3. The van der Waals surface area contributed by atoms with Gasteiger partial charge in [-0.05, 0) is 24.1 Å². The minimum atomic E-state index is -1.60. The van der Waals surface area contributed by atoms with Gasteiger partial charge in [0.05, 0.1) is 24.8 Å². The van der Waals surface area contributed by atoms with E-state index in [1.165, 1.54) is 6.07 Å². The SMILES string of the molecule is Cc1nccn1-c1ccc(C2COCC(F)C2C(N)=O)c(F)c1OCc1ccccc1. The molecule has 0 bridgehead atoms. The van der Waals surface area contributed by atoms with Crippen molar-refractivity contribution in [3.05, 3.63) is 77.6 Å². The highest BCUT2D eigenvalue weighted by Crippen LogP contribution is 2.39. The maximum absolute atomic E-state index is 15.8. The second-order valence-electron chi connectivity index (χ2n) is 7.52. The lowest BCUT2D eigenvalue weighted by Gasteiger charge is -2.33. The number of rotatable bonds is 6. The van der Waals surface area contributed by atoms with Gasteiger partial charge >= 0.3 is 0 Å². The number of aryl methyl sites for hydroxylation is 1. The van der Waals surface area contributed by atoms with E-state index < -0.39 is 29.7 Å². The van der Waals surface area contributed by atoms with Gasteiger partial charge in [-0.3, -0.25) is 4.79 Å². The van der Waals surface area contributed by atoms with Gasteiger partial charge in [0, 0.05) is 18.3 Å². The Hall–Kier alpha value is -3.26. The van der Waals surface area contributed by atoms with Crippen molar-refractivity contribution in [2.24, 2.45) is 11.7 Å². The van der Waals surface area contributed by atoms with Crippen LogP contribution in [-0.2, 0) is 16.1 Å². The van der Waals surface area contributed by atoms with Crippen molar-refractivity contribution >= 4 is 5.91 Å². The van der Waals surface area contributed by atoms with E-state index >= 15 is 4.39 Å². The molecule has 3 aromatic rings. The second kappa shape index (κ2) is 8.85. The number of imidazole rings is 1. The number of carbonyl (C=O) groups excluding carboxylic acids is 1. The van der Waals surface area contributed by atoms with Crippen LogP contribution in [0.3, 0.4) is 0 Å². The van der Waals surface area contributed by atoms with Gasteiger partial charge in [0.2, 0.25) is 5.91 Å². The summed E-state index contributed by atoms with van der Waals surface area (Å²) >= 11 is 0. The molecule has 31 heavy (non-hydrogen) atoms. The van der Waals surface area contributed by atoms with Crippen LogP contribution in [0, 0.1) is 18.7 Å². The molecule has 162 valence electrons. The monoisotopic (exact) mass is 427 g/mol. The Morgan fingerprint density at radius 3 is 2.71 bits per heavy atom. The molecule has 1 saturated heterocycles. The number of nitrogens with two attached hydrogens (primary N) is 1. The van der Waals surface area contributed by atoms with E-state index in [2.05, 4.69) is 4.98 Å². The van der Waals surface area contributed by atoms with Crippen LogP contribution in [0.2, 0.25) is 0 Å². The summed E-state index contributed by atoms with van der Waals surface area (Å²) in [5.74, 6) is -2.87. The summed E-state index contributed by atoms with van der Waals surface area (Å²) in [6.07, 6.45) is 1.71. The molecule has 6 nitrogen and oxygen atoms in total. The average Bonchev–Trinajstić information content (AvgIpc) is 3.18. The largest absolute Gasteiger partial charge is 0.484 e. The molecular weight excluding hydrogens is 404 g/mol. The van der Waals surface area contributed by atoms with Crippen molar-refractivity contribution in [2.75, 3.05) is 13.2 Å². The minimum absolute atomic E-state index is 0.00742. The van der Waals surface area contributed by atoms with E-state index in [1.807, 2.05) is 30.3 Å². The molecule has 2 heterocycles. The normalized spacial score (nSPS) is 21.1. The van der Waals surface area contributed by atoms with Crippen LogP contribution >= 0.6 is 0 Å². The van der Waals surface area contributed by atoms with Crippen molar-refractivity contribution in [3.63, 3.8) is 0 Å². The Morgan fingerprint density at radius 1 is 1.26 bits per heavy atom. The third-order valence-electron chi connectivity index (χ3n) is 5.54. The quantitative estimate of drug-likeness (QED) is 0.654. The first kappa shape index (κ1) is 21.0. The summed E-state index contributed by atoms with van der Waals surface area (Å²) in [6.45, 7) is 1.68. The third-order valence-corrected chi connectivity index (χ3v) is 5.54. The van der Waals surface area contributed by atoms with Gasteiger partial charge in [0.15, 0.2) is 11.6 Å². The standard InChI is InChI=1S/C23H23F2N3O3/c1-14-27-9-10-28(14)19-8-7-16(17-12-30-13-18(24)20(17)23(26)29)21(25)22(19)31-11-15-5-3-2-4-6-15/h2-10,17-18,20H,11-13H2,1H3,(H2,26,29). The molecule has 4 rings (SSSR count). The second-order valence-corrected chi connectivity index (χ2v) is 7.52. The van der Waals surface area contributed by atoms with Gasteiger partial charge in [-0.15, -0.1) is 0 Å². The van der Waals surface area contributed by atoms with Gasteiger partial charge in [0.1, 0.15) is 18.6 Å². The molecule has 0 radical (unpaired) electrons. The van der Waals surface area contributed by atoms with Crippen LogP contribution in [0.1, 0.15) is 22.9 Å². The first-order valence-corrected chi connectivity index (χ1v) is 9.98.